The van der Waals surface area contributed by atoms with Crippen molar-refractivity contribution < 1.29 is 13.6 Å². The van der Waals surface area contributed by atoms with Crippen LogP contribution in [0.25, 0.3) is 28.0 Å². The number of rotatable bonds is 3. The Kier molecular flexibility index (Phi) is 8.06. The Morgan fingerprint density at radius 3 is 2.65 bits per heavy atom. The highest BCUT2D eigenvalue weighted by Crippen LogP contribution is 2.35. The number of fused-ring (bicyclic) bond motifs is 7. The molecule has 1 aromatic carbocycles. The molecule has 13 heteroatoms. The number of aromatic nitrogens is 7. The van der Waals surface area contributed by atoms with Crippen LogP contribution >= 0.6 is 0 Å². The van der Waals surface area contributed by atoms with Crippen LogP contribution in [0.1, 0.15) is 49.2 Å². The van der Waals surface area contributed by atoms with Crippen LogP contribution < -0.4 is 10.6 Å². The summed E-state index contributed by atoms with van der Waals surface area (Å²) in [4.78, 5) is 44.4. The molecule has 0 N–H and O–H groups in total. The summed E-state index contributed by atoms with van der Waals surface area (Å²) in [6, 6.07) is 7.47. The number of anilines is 1. The van der Waals surface area contributed by atoms with Gasteiger partial charge in [-0.15, -0.1) is 5.10 Å². The highest BCUT2D eigenvalue weighted by atomic mass is 19.1. The van der Waals surface area contributed by atoms with E-state index >= 15 is 8.78 Å². The first-order valence-electron chi connectivity index (χ1n) is 16.1. The lowest BCUT2D eigenvalue weighted by Gasteiger charge is -2.40. The van der Waals surface area contributed by atoms with Crippen molar-refractivity contribution in [3.05, 3.63) is 100 Å². The summed E-state index contributed by atoms with van der Waals surface area (Å²) in [5.74, 6) is -1.43. The Morgan fingerprint density at radius 2 is 1.88 bits per heavy atom. The largest absolute Gasteiger partial charge is 0.355 e. The molecule has 1 fully saturated rings. The molecule has 0 saturated carbocycles. The van der Waals surface area contributed by atoms with E-state index in [1.165, 1.54) is 22.8 Å². The standard InChI is InChI=1S/C35H35F2N9O2/c1-5-29(47)43-14-15-44(21(4)19-43)33-26-17-28(37)31-25-16-22(6-9-27(25)36)11-13-45-24(18-39-42-45)8-7-23-10-12-38-30(20(2)3)32(23)46(34(26)40-31)35(48)41-33/h5-6,9-10,12,16-18,20-21H,1,7-8,11,13-15,19H2,2-4H3/t21-/m0/s1. The third kappa shape index (κ3) is 5.42. The van der Waals surface area contributed by atoms with Gasteiger partial charge in [0.25, 0.3) is 0 Å². The van der Waals surface area contributed by atoms with Crippen LogP contribution in [0.5, 0.6) is 0 Å². The van der Waals surface area contributed by atoms with Crippen molar-refractivity contribution in [1.29, 1.82) is 0 Å². The van der Waals surface area contributed by atoms with Crippen LogP contribution in [0.4, 0.5) is 14.6 Å². The average molecular weight is 652 g/mol. The second kappa shape index (κ2) is 12.4. The number of hydrogen-bond donors (Lipinski definition) is 0. The minimum Gasteiger partial charge on any atom is -0.350 e. The third-order valence-electron chi connectivity index (χ3n) is 9.24. The quantitative estimate of drug-likeness (QED) is 0.264. The molecule has 1 amide bonds. The van der Waals surface area contributed by atoms with Gasteiger partial charge in [-0.05, 0) is 73.6 Å². The van der Waals surface area contributed by atoms with Gasteiger partial charge in [0, 0.05) is 44.0 Å². The first-order valence-corrected chi connectivity index (χ1v) is 16.1. The van der Waals surface area contributed by atoms with Crippen LogP contribution in [-0.4, -0.2) is 71.0 Å². The van der Waals surface area contributed by atoms with E-state index in [1.54, 1.807) is 29.4 Å². The highest BCUT2D eigenvalue weighted by Gasteiger charge is 2.31. The molecule has 4 bridgehead atoms. The van der Waals surface area contributed by atoms with E-state index < -0.39 is 17.3 Å². The minimum atomic E-state index is -0.752. The summed E-state index contributed by atoms with van der Waals surface area (Å²) >= 11 is 0. The molecule has 2 aliphatic rings. The number of halogens is 2. The normalized spacial score (nSPS) is 16.4. The summed E-state index contributed by atoms with van der Waals surface area (Å²) in [5.41, 5.74) is 2.94. The number of carbonyl (C=O) groups excluding carboxylic acids is 1. The molecule has 0 radical (unpaired) electrons. The zero-order valence-corrected chi connectivity index (χ0v) is 27.0. The van der Waals surface area contributed by atoms with Gasteiger partial charge >= 0.3 is 5.69 Å². The van der Waals surface area contributed by atoms with E-state index in [-0.39, 0.29) is 40.6 Å². The maximum Gasteiger partial charge on any atom is 0.355 e. The Balaban J connectivity index is 1.53. The Morgan fingerprint density at radius 1 is 1.04 bits per heavy atom. The first kappa shape index (κ1) is 31.3. The van der Waals surface area contributed by atoms with Gasteiger partial charge in [-0.3, -0.25) is 9.78 Å². The van der Waals surface area contributed by atoms with Gasteiger partial charge < -0.3 is 9.80 Å². The SMILES string of the molecule is C=CC(=O)N1CCN(c2nc(=O)n3c4nc(c(F)cc24)-c2cc(ccc2F)CCn2nncc2CCc2ccnc(C(C)C)c2-3)[C@@H](C)C1. The Hall–Kier alpha value is -5.33. The lowest BCUT2D eigenvalue weighted by atomic mass is 10.00. The van der Waals surface area contributed by atoms with Crippen LogP contribution in [0.2, 0.25) is 0 Å². The molecule has 4 aromatic heterocycles. The number of benzene rings is 1. The molecule has 2 aliphatic heterocycles. The number of amides is 1. The average Bonchev–Trinajstić information content (AvgIpc) is 3.53. The molecule has 11 nitrogen and oxygen atoms in total. The van der Waals surface area contributed by atoms with Crippen molar-refractivity contribution in [3.63, 3.8) is 0 Å². The Bertz CT molecular complexity index is 2140. The molecule has 246 valence electrons. The van der Waals surface area contributed by atoms with Crippen molar-refractivity contribution in [2.45, 2.75) is 58.5 Å². The summed E-state index contributed by atoms with van der Waals surface area (Å²) in [7, 11) is 0. The van der Waals surface area contributed by atoms with E-state index in [9.17, 15) is 9.59 Å². The zero-order chi connectivity index (χ0) is 33.7. The molecular weight excluding hydrogens is 616 g/mol. The molecule has 0 spiro atoms. The summed E-state index contributed by atoms with van der Waals surface area (Å²) in [6.45, 7) is 11.0. The zero-order valence-electron chi connectivity index (χ0n) is 27.0. The number of carbonyl (C=O) groups is 1. The van der Waals surface area contributed by atoms with E-state index in [1.807, 2.05) is 36.4 Å². The molecule has 48 heavy (non-hydrogen) atoms. The van der Waals surface area contributed by atoms with Crippen LogP contribution in [-0.2, 0) is 30.6 Å². The predicted molar refractivity (Wildman–Crippen MR) is 177 cm³/mol. The molecule has 0 aliphatic carbocycles. The maximum absolute atomic E-state index is 16.3. The molecule has 1 saturated heterocycles. The number of piperazine rings is 1. The van der Waals surface area contributed by atoms with Gasteiger partial charge in [0.1, 0.15) is 23.1 Å². The van der Waals surface area contributed by atoms with Crippen LogP contribution in [0, 0.1) is 11.6 Å². The fourth-order valence-corrected chi connectivity index (χ4v) is 6.78. The van der Waals surface area contributed by atoms with Gasteiger partial charge in [0.05, 0.1) is 28.7 Å². The van der Waals surface area contributed by atoms with Crippen LogP contribution in [0.15, 0.2) is 60.2 Å². The topological polar surface area (TPSA) is 115 Å². The number of pyridine rings is 2. The second-order valence-corrected chi connectivity index (χ2v) is 12.6. The van der Waals surface area contributed by atoms with Gasteiger partial charge in [-0.2, -0.15) is 4.98 Å². The van der Waals surface area contributed by atoms with Crippen molar-refractivity contribution in [2.24, 2.45) is 0 Å². The molecule has 5 aromatic rings. The van der Waals surface area contributed by atoms with Crippen molar-refractivity contribution in [2.75, 3.05) is 24.5 Å². The Labute approximate surface area is 275 Å². The van der Waals surface area contributed by atoms with Crippen molar-refractivity contribution in [3.8, 4) is 16.9 Å². The summed E-state index contributed by atoms with van der Waals surface area (Å²) < 4.78 is 35.1. The lowest BCUT2D eigenvalue weighted by molar-refractivity contribution is -0.126. The number of aryl methyl sites for hydroxylation is 4. The maximum atomic E-state index is 16.3. The van der Waals surface area contributed by atoms with E-state index in [0.717, 1.165) is 16.8 Å². The molecule has 6 heterocycles. The van der Waals surface area contributed by atoms with Gasteiger partial charge in [-0.25, -0.2) is 27.8 Å². The molecular formula is C35H35F2N9O2. The smallest absolute Gasteiger partial charge is 0.350 e. The fourth-order valence-electron chi connectivity index (χ4n) is 6.78. The fraction of sp³-hybridized carbons (Fsp3) is 0.343. The summed E-state index contributed by atoms with van der Waals surface area (Å²) in [5, 5.41) is 8.70. The van der Waals surface area contributed by atoms with Gasteiger partial charge in [0.15, 0.2) is 5.65 Å². The lowest BCUT2D eigenvalue weighted by Crippen LogP contribution is -2.54. The predicted octanol–water partition coefficient (Wildman–Crippen LogP) is 4.40. The van der Waals surface area contributed by atoms with E-state index in [2.05, 4.69) is 26.9 Å². The third-order valence-corrected chi connectivity index (χ3v) is 9.24. The first-order chi connectivity index (χ1) is 23.1. The van der Waals surface area contributed by atoms with Crippen molar-refractivity contribution >= 4 is 22.8 Å². The van der Waals surface area contributed by atoms with Gasteiger partial charge in [0.2, 0.25) is 5.91 Å². The number of hydrogen-bond acceptors (Lipinski definition) is 8. The van der Waals surface area contributed by atoms with E-state index in [0.29, 0.717) is 62.2 Å². The number of nitrogens with zero attached hydrogens (tertiary/aromatic N) is 9. The monoisotopic (exact) mass is 651 g/mol. The summed E-state index contributed by atoms with van der Waals surface area (Å²) in [6.07, 6.45) is 6.32. The van der Waals surface area contributed by atoms with Crippen LogP contribution in [0.3, 0.4) is 0 Å². The van der Waals surface area contributed by atoms with E-state index in [4.69, 9.17) is 4.98 Å². The van der Waals surface area contributed by atoms with Crippen molar-refractivity contribution in [1.82, 2.24) is 39.4 Å². The van der Waals surface area contributed by atoms with Gasteiger partial charge in [-0.1, -0.05) is 31.7 Å². The molecule has 7 rings (SSSR count). The second-order valence-electron chi connectivity index (χ2n) is 12.6. The highest BCUT2D eigenvalue weighted by molar-refractivity contribution is 5.91. The minimum absolute atomic E-state index is 0.0154. The molecule has 1 atom stereocenters. The molecule has 0 unspecified atom stereocenters.